The van der Waals surface area contributed by atoms with E-state index in [1.54, 1.807) is 11.9 Å². The largest absolute Gasteiger partial charge is 0.383 e. The van der Waals surface area contributed by atoms with Crippen LogP contribution in [-0.2, 0) is 11.3 Å². The summed E-state index contributed by atoms with van der Waals surface area (Å²) in [6.07, 6.45) is 3.07. The highest BCUT2D eigenvalue weighted by atomic mass is 16.3. The normalized spacial score (nSPS) is 29.5. The molecule has 2 aromatic rings. The summed E-state index contributed by atoms with van der Waals surface area (Å²) in [5, 5.41) is 10.0. The van der Waals surface area contributed by atoms with Gasteiger partial charge >= 0.3 is 0 Å². The molecule has 0 aliphatic carbocycles. The first-order chi connectivity index (χ1) is 10.1. The molecule has 2 aliphatic rings. The van der Waals surface area contributed by atoms with Crippen LogP contribution < -0.4 is 0 Å². The van der Waals surface area contributed by atoms with Gasteiger partial charge in [-0.2, -0.15) is 0 Å². The van der Waals surface area contributed by atoms with Crippen LogP contribution in [0, 0.1) is 5.92 Å². The summed E-state index contributed by atoms with van der Waals surface area (Å²) < 4.78 is 2.08. The second-order valence-electron chi connectivity index (χ2n) is 6.00. The lowest BCUT2D eigenvalue weighted by Gasteiger charge is -2.20. The third-order valence-corrected chi connectivity index (χ3v) is 4.79. The van der Waals surface area contributed by atoms with E-state index in [-0.39, 0.29) is 17.9 Å². The minimum Gasteiger partial charge on any atom is -0.383 e. The third-order valence-electron chi connectivity index (χ3n) is 4.79. The molecule has 4 rings (SSSR count). The third kappa shape index (κ3) is 1.86. The standard InChI is InChI=1S/C15H18N4O2/c1-17-12-9-18(8-11(12)14(20)15(17)21)7-10-6-16-13-4-2-3-5-19(10)13/h2-6,11-12,14,20H,7-9H2,1H3/t11-,12+,14-/m0/s1. The molecule has 2 aromatic heterocycles. The molecule has 0 bridgehead atoms. The van der Waals surface area contributed by atoms with E-state index in [0.29, 0.717) is 0 Å². The van der Waals surface area contributed by atoms with Crippen molar-refractivity contribution in [3.63, 3.8) is 0 Å². The van der Waals surface area contributed by atoms with Gasteiger partial charge in [0.1, 0.15) is 11.8 Å². The van der Waals surface area contributed by atoms with Crippen molar-refractivity contribution in [1.82, 2.24) is 19.2 Å². The van der Waals surface area contributed by atoms with Gasteiger partial charge in [-0.15, -0.1) is 0 Å². The first-order valence-electron chi connectivity index (χ1n) is 7.23. The smallest absolute Gasteiger partial charge is 0.251 e. The Bertz CT molecular complexity index is 678. The molecule has 0 spiro atoms. The number of likely N-dealkylation sites (tertiary alicyclic amines) is 2. The lowest BCUT2D eigenvalue weighted by molar-refractivity contribution is -0.135. The number of carbonyl (C=O) groups excluding carboxylic acids is 1. The van der Waals surface area contributed by atoms with Crippen molar-refractivity contribution >= 4 is 11.6 Å². The van der Waals surface area contributed by atoms with E-state index in [9.17, 15) is 9.90 Å². The molecular formula is C15H18N4O2. The molecule has 21 heavy (non-hydrogen) atoms. The first-order valence-corrected chi connectivity index (χ1v) is 7.23. The van der Waals surface area contributed by atoms with Crippen LogP contribution in [0.25, 0.3) is 5.65 Å². The summed E-state index contributed by atoms with van der Waals surface area (Å²) in [6, 6.07) is 6.08. The Labute approximate surface area is 122 Å². The van der Waals surface area contributed by atoms with Gasteiger partial charge < -0.3 is 14.4 Å². The summed E-state index contributed by atoms with van der Waals surface area (Å²) in [5.41, 5.74) is 2.08. The molecule has 2 saturated heterocycles. The summed E-state index contributed by atoms with van der Waals surface area (Å²) in [5.74, 6) is -0.110. The van der Waals surface area contributed by atoms with Crippen molar-refractivity contribution in [3.05, 3.63) is 36.3 Å². The van der Waals surface area contributed by atoms with Gasteiger partial charge in [0.15, 0.2) is 0 Å². The molecule has 1 amide bonds. The number of aromatic nitrogens is 2. The number of aliphatic hydroxyl groups excluding tert-OH is 1. The zero-order valence-electron chi connectivity index (χ0n) is 11.9. The molecule has 2 aliphatic heterocycles. The number of amides is 1. The fourth-order valence-electron chi connectivity index (χ4n) is 3.63. The monoisotopic (exact) mass is 286 g/mol. The second-order valence-corrected chi connectivity index (χ2v) is 6.00. The van der Waals surface area contributed by atoms with Gasteiger partial charge in [-0.3, -0.25) is 9.69 Å². The Hall–Kier alpha value is -1.92. The van der Waals surface area contributed by atoms with Crippen molar-refractivity contribution in [1.29, 1.82) is 0 Å². The summed E-state index contributed by atoms with van der Waals surface area (Å²) in [6.45, 7) is 2.35. The fourth-order valence-corrected chi connectivity index (χ4v) is 3.63. The van der Waals surface area contributed by atoms with Crippen LogP contribution in [0.4, 0.5) is 0 Å². The van der Waals surface area contributed by atoms with Crippen molar-refractivity contribution < 1.29 is 9.90 Å². The number of aliphatic hydroxyl groups is 1. The number of likely N-dealkylation sites (N-methyl/N-ethyl adjacent to an activating group) is 1. The Morgan fingerprint density at radius 3 is 3.05 bits per heavy atom. The minimum absolute atomic E-state index is 0.0293. The molecule has 0 unspecified atom stereocenters. The number of pyridine rings is 1. The molecule has 0 saturated carbocycles. The van der Waals surface area contributed by atoms with E-state index in [1.807, 2.05) is 30.6 Å². The first kappa shape index (κ1) is 12.8. The topological polar surface area (TPSA) is 61.1 Å². The Morgan fingerprint density at radius 2 is 2.24 bits per heavy atom. The number of carbonyl (C=O) groups is 1. The maximum atomic E-state index is 11.8. The second kappa shape index (κ2) is 4.54. The molecule has 0 radical (unpaired) electrons. The molecule has 6 nitrogen and oxygen atoms in total. The van der Waals surface area contributed by atoms with Crippen molar-refractivity contribution in [2.75, 3.05) is 20.1 Å². The van der Waals surface area contributed by atoms with Gasteiger partial charge in [-0.25, -0.2) is 4.98 Å². The van der Waals surface area contributed by atoms with Crippen molar-refractivity contribution in [2.24, 2.45) is 5.92 Å². The number of fused-ring (bicyclic) bond motifs is 2. The van der Waals surface area contributed by atoms with E-state index in [0.717, 1.165) is 31.0 Å². The van der Waals surface area contributed by atoms with Gasteiger partial charge in [0, 0.05) is 38.8 Å². The lowest BCUT2D eigenvalue weighted by Crippen LogP contribution is -2.36. The number of hydrogen-bond donors (Lipinski definition) is 1. The van der Waals surface area contributed by atoms with Gasteiger partial charge in [0.05, 0.1) is 17.9 Å². The molecule has 2 fully saturated rings. The highest BCUT2D eigenvalue weighted by molar-refractivity contribution is 5.84. The van der Waals surface area contributed by atoms with E-state index >= 15 is 0 Å². The average molecular weight is 286 g/mol. The van der Waals surface area contributed by atoms with Crippen molar-refractivity contribution in [2.45, 2.75) is 18.7 Å². The van der Waals surface area contributed by atoms with Gasteiger partial charge in [0.2, 0.25) is 0 Å². The molecular weight excluding hydrogens is 268 g/mol. The van der Waals surface area contributed by atoms with E-state index in [4.69, 9.17) is 0 Å². The summed E-state index contributed by atoms with van der Waals surface area (Å²) >= 11 is 0. The number of rotatable bonds is 2. The average Bonchev–Trinajstić information content (AvgIpc) is 3.14. The fraction of sp³-hybridized carbons (Fsp3) is 0.467. The minimum atomic E-state index is -0.841. The summed E-state index contributed by atoms with van der Waals surface area (Å²) in [7, 11) is 1.79. The van der Waals surface area contributed by atoms with Crippen LogP contribution in [0.5, 0.6) is 0 Å². The molecule has 1 N–H and O–H groups in total. The zero-order valence-corrected chi connectivity index (χ0v) is 11.9. The van der Waals surface area contributed by atoms with Crippen LogP contribution in [0.15, 0.2) is 30.6 Å². The lowest BCUT2D eigenvalue weighted by atomic mass is 10.0. The Morgan fingerprint density at radius 1 is 1.38 bits per heavy atom. The van der Waals surface area contributed by atoms with Crippen LogP contribution in [0.2, 0.25) is 0 Å². The summed E-state index contributed by atoms with van der Waals surface area (Å²) in [4.78, 5) is 20.1. The van der Waals surface area contributed by atoms with Crippen LogP contribution >= 0.6 is 0 Å². The van der Waals surface area contributed by atoms with Gasteiger partial charge in [-0.1, -0.05) is 6.07 Å². The predicted octanol–water partition coefficient (Wildman–Crippen LogP) is -0.0324. The molecule has 3 atom stereocenters. The number of hydrogen-bond acceptors (Lipinski definition) is 4. The van der Waals surface area contributed by atoms with Gasteiger partial charge in [0.25, 0.3) is 5.91 Å². The number of imidazole rings is 1. The maximum Gasteiger partial charge on any atom is 0.251 e. The van der Waals surface area contributed by atoms with Crippen LogP contribution in [0.1, 0.15) is 5.69 Å². The van der Waals surface area contributed by atoms with E-state index in [2.05, 4.69) is 14.3 Å². The molecule has 110 valence electrons. The molecule has 0 aromatic carbocycles. The Kier molecular flexibility index (Phi) is 2.77. The highest BCUT2D eigenvalue weighted by Crippen LogP contribution is 2.32. The van der Waals surface area contributed by atoms with E-state index in [1.165, 1.54) is 0 Å². The highest BCUT2D eigenvalue weighted by Gasteiger charge is 2.50. The number of nitrogens with zero attached hydrogens (tertiary/aromatic N) is 4. The maximum absolute atomic E-state index is 11.8. The SMILES string of the molecule is CN1C(=O)[C@@H](O)[C@H]2CN(Cc3cnc4ccccn34)C[C@H]21. The van der Waals surface area contributed by atoms with Crippen LogP contribution in [0.3, 0.4) is 0 Å². The van der Waals surface area contributed by atoms with Crippen molar-refractivity contribution in [3.8, 4) is 0 Å². The zero-order chi connectivity index (χ0) is 14.6. The Balaban J connectivity index is 1.54. The van der Waals surface area contributed by atoms with E-state index < -0.39 is 6.10 Å². The predicted molar refractivity (Wildman–Crippen MR) is 76.5 cm³/mol. The van der Waals surface area contributed by atoms with Gasteiger partial charge in [-0.05, 0) is 12.1 Å². The molecule has 4 heterocycles. The van der Waals surface area contributed by atoms with Crippen LogP contribution in [-0.4, -0.2) is 62.5 Å². The quantitative estimate of drug-likeness (QED) is 0.842. The molecule has 6 heteroatoms.